The van der Waals surface area contributed by atoms with Gasteiger partial charge in [-0.2, -0.15) is 0 Å². The zero-order chi connectivity index (χ0) is 19.4. The molecule has 2 heterocycles. The molecule has 26 heavy (non-hydrogen) atoms. The van der Waals surface area contributed by atoms with Gasteiger partial charge in [0.05, 0.1) is 10.6 Å². The highest BCUT2D eigenvalue weighted by atomic mass is 32.2. The number of nitrogens with zero attached hydrogens (tertiary/aromatic N) is 2. The summed E-state index contributed by atoms with van der Waals surface area (Å²) in [5.74, 6) is -0.445. The van der Waals surface area contributed by atoms with E-state index in [1.807, 2.05) is 13.8 Å². The summed E-state index contributed by atoms with van der Waals surface area (Å²) in [6.07, 6.45) is 1.62. The first-order valence-electron chi connectivity index (χ1n) is 8.16. The van der Waals surface area contributed by atoms with Crippen molar-refractivity contribution in [2.24, 2.45) is 0 Å². The van der Waals surface area contributed by atoms with Gasteiger partial charge in [-0.15, -0.1) is 17.9 Å². The Labute approximate surface area is 159 Å². The normalized spacial score (nSPS) is 12.0. The van der Waals surface area contributed by atoms with Crippen LogP contribution in [-0.4, -0.2) is 33.3 Å². The quantitative estimate of drug-likeness (QED) is 0.446. The molecule has 3 amide bonds. The van der Waals surface area contributed by atoms with Gasteiger partial charge in [-0.05, 0) is 33.3 Å². The fourth-order valence-electron chi connectivity index (χ4n) is 2.32. The number of thioether (sulfide) groups is 1. The Hall–Kier alpha value is -2.13. The van der Waals surface area contributed by atoms with Crippen molar-refractivity contribution in [2.45, 2.75) is 44.6 Å². The summed E-state index contributed by atoms with van der Waals surface area (Å²) in [4.78, 5) is 42.9. The lowest BCUT2D eigenvalue weighted by Gasteiger charge is -2.14. The number of thiophene rings is 1. The van der Waals surface area contributed by atoms with Gasteiger partial charge in [0.25, 0.3) is 5.56 Å². The van der Waals surface area contributed by atoms with Crippen LogP contribution in [0, 0.1) is 13.8 Å². The van der Waals surface area contributed by atoms with E-state index >= 15 is 0 Å². The maximum absolute atomic E-state index is 12.9. The summed E-state index contributed by atoms with van der Waals surface area (Å²) in [5, 5.41) is 5.23. The molecule has 0 saturated carbocycles. The smallest absolute Gasteiger partial charge is 0.321 e. The van der Waals surface area contributed by atoms with Crippen molar-refractivity contribution in [3.8, 4) is 0 Å². The highest BCUT2D eigenvalue weighted by Crippen LogP contribution is 2.29. The van der Waals surface area contributed by atoms with Crippen LogP contribution in [0.1, 0.15) is 24.3 Å². The Kier molecular flexibility index (Phi) is 6.60. The summed E-state index contributed by atoms with van der Waals surface area (Å²) < 4.78 is 1.51. The van der Waals surface area contributed by atoms with Crippen molar-refractivity contribution in [3.63, 3.8) is 0 Å². The molecule has 0 saturated heterocycles. The maximum atomic E-state index is 12.9. The van der Waals surface area contributed by atoms with E-state index in [-0.39, 0.29) is 5.56 Å². The Morgan fingerprint density at radius 2 is 2.12 bits per heavy atom. The van der Waals surface area contributed by atoms with Crippen LogP contribution in [0.5, 0.6) is 0 Å². The average molecular weight is 395 g/mol. The van der Waals surface area contributed by atoms with Gasteiger partial charge in [0, 0.05) is 18.0 Å². The molecule has 0 aliphatic heterocycles. The minimum Gasteiger partial charge on any atom is -0.338 e. The van der Waals surface area contributed by atoms with Crippen LogP contribution in [0.4, 0.5) is 4.79 Å². The number of fused-ring (bicyclic) bond motifs is 1. The van der Waals surface area contributed by atoms with Crippen molar-refractivity contribution >= 4 is 45.3 Å². The number of aryl methyl sites for hydroxylation is 2. The van der Waals surface area contributed by atoms with Crippen molar-refractivity contribution in [1.82, 2.24) is 20.2 Å². The number of hydrogen-bond donors (Lipinski definition) is 2. The molecule has 140 valence electrons. The van der Waals surface area contributed by atoms with E-state index in [2.05, 4.69) is 22.2 Å². The molecular weight excluding hydrogens is 372 g/mol. The molecule has 7 nitrogen and oxygen atoms in total. The summed E-state index contributed by atoms with van der Waals surface area (Å²) in [5.41, 5.74) is 0.787. The van der Waals surface area contributed by atoms with Crippen LogP contribution < -0.4 is 16.2 Å². The monoisotopic (exact) mass is 394 g/mol. The molecule has 0 aliphatic rings. The van der Waals surface area contributed by atoms with E-state index in [0.29, 0.717) is 28.5 Å². The lowest BCUT2D eigenvalue weighted by atomic mass is 10.2. The van der Waals surface area contributed by atoms with Gasteiger partial charge in [-0.25, -0.2) is 9.78 Å². The zero-order valence-corrected chi connectivity index (χ0v) is 16.8. The maximum Gasteiger partial charge on any atom is 0.321 e. The van der Waals surface area contributed by atoms with Crippen molar-refractivity contribution in [1.29, 1.82) is 0 Å². The molecule has 2 aromatic rings. The molecule has 0 unspecified atom stereocenters. The lowest BCUT2D eigenvalue weighted by molar-refractivity contribution is -0.119. The second-order valence-electron chi connectivity index (χ2n) is 5.67. The van der Waals surface area contributed by atoms with Gasteiger partial charge in [-0.3, -0.25) is 19.5 Å². The summed E-state index contributed by atoms with van der Waals surface area (Å²) >= 11 is 2.60. The molecule has 0 bridgehead atoms. The Morgan fingerprint density at radius 3 is 2.73 bits per heavy atom. The highest BCUT2D eigenvalue weighted by molar-refractivity contribution is 8.00. The molecule has 0 fully saturated rings. The average Bonchev–Trinajstić information content (AvgIpc) is 2.85. The van der Waals surface area contributed by atoms with E-state index in [1.165, 1.54) is 15.9 Å². The summed E-state index contributed by atoms with van der Waals surface area (Å²) in [7, 11) is 0. The molecule has 0 radical (unpaired) electrons. The van der Waals surface area contributed by atoms with E-state index in [0.717, 1.165) is 22.2 Å². The summed E-state index contributed by atoms with van der Waals surface area (Å²) in [6.45, 7) is 11.7. The lowest BCUT2D eigenvalue weighted by Crippen LogP contribution is -2.42. The number of imide groups is 1. The third-order valence-electron chi connectivity index (χ3n) is 3.79. The van der Waals surface area contributed by atoms with E-state index in [9.17, 15) is 14.4 Å². The van der Waals surface area contributed by atoms with E-state index in [4.69, 9.17) is 0 Å². The number of nitrogens with one attached hydrogen (secondary N) is 2. The van der Waals surface area contributed by atoms with Gasteiger partial charge < -0.3 is 5.32 Å². The van der Waals surface area contributed by atoms with Gasteiger partial charge in [-0.1, -0.05) is 17.8 Å². The number of hydrogen-bond acceptors (Lipinski definition) is 6. The van der Waals surface area contributed by atoms with Gasteiger partial charge in [0.1, 0.15) is 4.83 Å². The van der Waals surface area contributed by atoms with Crippen LogP contribution in [0.2, 0.25) is 0 Å². The second kappa shape index (κ2) is 8.50. The van der Waals surface area contributed by atoms with Gasteiger partial charge in [0.15, 0.2) is 5.16 Å². The Morgan fingerprint density at radius 1 is 1.42 bits per heavy atom. The van der Waals surface area contributed by atoms with Crippen LogP contribution in [0.15, 0.2) is 22.6 Å². The summed E-state index contributed by atoms with van der Waals surface area (Å²) in [6, 6.07) is -0.540. The molecule has 9 heteroatoms. The van der Waals surface area contributed by atoms with Gasteiger partial charge in [0.2, 0.25) is 5.91 Å². The van der Waals surface area contributed by atoms with Crippen LogP contribution in [-0.2, 0) is 11.3 Å². The molecule has 2 N–H and O–H groups in total. The van der Waals surface area contributed by atoms with Crippen LogP contribution in [0.25, 0.3) is 10.2 Å². The van der Waals surface area contributed by atoms with Gasteiger partial charge >= 0.3 is 6.03 Å². The predicted octanol–water partition coefficient (Wildman–Crippen LogP) is 2.59. The number of allylic oxidation sites excluding steroid dienone is 1. The number of urea groups is 1. The fourth-order valence-corrected chi connectivity index (χ4v) is 4.31. The highest BCUT2D eigenvalue weighted by Gasteiger charge is 2.22. The molecule has 1 atom stereocenters. The Balaban J connectivity index is 2.37. The van der Waals surface area contributed by atoms with Crippen molar-refractivity contribution in [2.75, 3.05) is 6.54 Å². The number of rotatable bonds is 6. The number of carbonyl (C=O) groups excluding carboxylic acids is 2. The molecule has 0 spiro atoms. The van der Waals surface area contributed by atoms with E-state index in [1.54, 1.807) is 19.9 Å². The fraction of sp³-hybridized carbons (Fsp3) is 0.412. The third-order valence-corrected chi connectivity index (χ3v) is 5.98. The number of aromatic nitrogens is 2. The molecule has 0 aliphatic carbocycles. The minimum absolute atomic E-state index is 0.143. The van der Waals surface area contributed by atoms with E-state index < -0.39 is 17.2 Å². The first kappa shape index (κ1) is 20.2. The molecular formula is C17H22N4O3S2. The second-order valence-corrected chi connectivity index (χ2v) is 8.18. The topological polar surface area (TPSA) is 93.1 Å². The standard InChI is InChI=1S/C17H22N4O3S2/c1-6-8-21-15(23)12-9(3)10(4)25-14(12)20-17(21)26-11(5)13(22)19-16(24)18-7-2/h6,11H,1,7-8H2,2-5H3,(H2,18,19,22,24)/t11-/m1/s1. The number of amides is 3. The van der Waals surface area contributed by atoms with Crippen LogP contribution >= 0.6 is 23.1 Å². The third kappa shape index (κ3) is 4.16. The SMILES string of the molecule is C=CCn1c(S[C@H](C)C(=O)NC(=O)NCC)nc2sc(C)c(C)c2c1=O. The molecule has 2 rings (SSSR count). The first-order chi connectivity index (χ1) is 12.3. The molecule has 0 aromatic carbocycles. The number of carbonyl (C=O) groups is 2. The van der Waals surface area contributed by atoms with Crippen molar-refractivity contribution < 1.29 is 9.59 Å². The Bertz CT molecular complexity index is 917. The van der Waals surface area contributed by atoms with Crippen molar-refractivity contribution in [3.05, 3.63) is 33.4 Å². The predicted molar refractivity (Wildman–Crippen MR) is 106 cm³/mol. The zero-order valence-electron chi connectivity index (χ0n) is 15.2. The largest absolute Gasteiger partial charge is 0.338 e. The molecule has 2 aromatic heterocycles. The first-order valence-corrected chi connectivity index (χ1v) is 9.86. The van der Waals surface area contributed by atoms with Crippen LogP contribution in [0.3, 0.4) is 0 Å². The minimum atomic E-state index is -0.597.